The Labute approximate surface area is 77.5 Å². The van der Waals surface area contributed by atoms with E-state index in [9.17, 15) is 18.0 Å². The van der Waals surface area contributed by atoms with Crippen molar-refractivity contribution in [1.29, 1.82) is 0 Å². The van der Waals surface area contributed by atoms with E-state index >= 15 is 0 Å². The van der Waals surface area contributed by atoms with Gasteiger partial charge in [0.25, 0.3) is 0 Å². The lowest BCUT2D eigenvalue weighted by atomic mass is 10.1. The third-order valence-corrected chi connectivity index (χ3v) is 1.58. The summed E-state index contributed by atoms with van der Waals surface area (Å²) in [6.07, 6.45) is -3.61. The number of hydrogen-bond donors (Lipinski definition) is 1. The van der Waals surface area contributed by atoms with Gasteiger partial charge in [0.05, 0.1) is 12.1 Å². The van der Waals surface area contributed by atoms with E-state index in [1.165, 1.54) is 7.05 Å². The third kappa shape index (κ3) is 1.92. The van der Waals surface area contributed by atoms with Crippen molar-refractivity contribution in [2.45, 2.75) is 6.18 Å². The first-order valence-corrected chi connectivity index (χ1v) is 3.70. The molecule has 0 aliphatic carbocycles. The average molecular weight is 207 g/mol. The molecule has 0 saturated carbocycles. The predicted octanol–water partition coefficient (Wildman–Crippen LogP) is 0.580. The summed E-state index contributed by atoms with van der Waals surface area (Å²) >= 11 is 0. The zero-order chi connectivity index (χ0) is 10.9. The van der Waals surface area contributed by atoms with Crippen LogP contribution < -0.4 is 5.73 Å². The molecule has 0 bridgehead atoms. The second-order valence-electron chi connectivity index (χ2n) is 2.69. The summed E-state index contributed by atoms with van der Waals surface area (Å²) in [5.41, 5.74) is 3.30. The number of carbonyl (C=O) groups excluding carboxylic acids is 1. The molecular weight excluding hydrogens is 199 g/mol. The van der Waals surface area contributed by atoms with Gasteiger partial charge in [-0.05, 0) is 0 Å². The molecule has 1 aromatic rings. The van der Waals surface area contributed by atoms with Crippen LogP contribution in [0.5, 0.6) is 0 Å². The number of aryl methyl sites for hydroxylation is 1. The number of alkyl halides is 3. The van der Waals surface area contributed by atoms with Crippen molar-refractivity contribution in [1.82, 2.24) is 9.78 Å². The molecule has 1 aromatic heterocycles. The van der Waals surface area contributed by atoms with Gasteiger partial charge in [0, 0.05) is 13.2 Å². The molecule has 0 unspecified atom stereocenters. The molecule has 1 rings (SSSR count). The smallest absolute Gasteiger partial charge is 0.324 e. The molecule has 0 saturated heterocycles. The predicted molar refractivity (Wildman–Crippen MR) is 41.6 cm³/mol. The first kappa shape index (κ1) is 10.7. The van der Waals surface area contributed by atoms with Gasteiger partial charge in [-0.25, -0.2) is 0 Å². The molecule has 0 aliphatic heterocycles. The van der Waals surface area contributed by atoms with E-state index in [1.54, 1.807) is 0 Å². The number of carbonyl (C=O) groups is 1. The number of nitrogens with two attached hydrogens (primary N) is 1. The maximum atomic E-state index is 12.3. The molecule has 0 fully saturated rings. The van der Waals surface area contributed by atoms with Crippen molar-refractivity contribution in [3.8, 4) is 0 Å². The lowest BCUT2D eigenvalue weighted by Crippen LogP contribution is -2.18. The topological polar surface area (TPSA) is 60.9 Å². The first-order chi connectivity index (χ1) is 6.36. The van der Waals surface area contributed by atoms with E-state index in [1.807, 2.05) is 0 Å². The van der Waals surface area contributed by atoms with Crippen molar-refractivity contribution in [3.63, 3.8) is 0 Å². The van der Waals surface area contributed by atoms with Crippen molar-refractivity contribution in [3.05, 3.63) is 17.5 Å². The summed E-state index contributed by atoms with van der Waals surface area (Å²) in [5.74, 6) is -0.773. The Morgan fingerprint density at radius 3 is 2.64 bits per heavy atom. The quantitative estimate of drug-likeness (QED) is 0.721. The van der Waals surface area contributed by atoms with Gasteiger partial charge in [-0.3, -0.25) is 9.48 Å². The lowest BCUT2D eigenvalue weighted by molar-refractivity contribution is -0.141. The fraction of sp³-hybridized carbons (Fsp3) is 0.429. The summed E-state index contributed by atoms with van der Waals surface area (Å²) in [4.78, 5) is 11.0. The SMILES string of the molecule is Cn1cc(C(=O)CN)c(C(F)(F)F)n1. The summed E-state index contributed by atoms with van der Waals surface area (Å²) in [7, 11) is 1.31. The molecule has 0 aliphatic rings. The highest BCUT2D eigenvalue weighted by atomic mass is 19.4. The van der Waals surface area contributed by atoms with Gasteiger partial charge in [0.2, 0.25) is 0 Å². The summed E-state index contributed by atoms with van der Waals surface area (Å²) < 4.78 is 37.8. The number of nitrogens with zero attached hydrogens (tertiary/aromatic N) is 2. The molecular formula is C7H8F3N3O. The fourth-order valence-electron chi connectivity index (χ4n) is 1.01. The standard InChI is InChI=1S/C7H8F3N3O/c1-13-3-4(5(14)2-11)6(12-13)7(8,9)10/h3H,2,11H2,1H3. The molecule has 78 valence electrons. The van der Waals surface area contributed by atoms with Crippen LogP contribution in [0.15, 0.2) is 6.20 Å². The molecule has 2 N–H and O–H groups in total. The Kier molecular flexibility index (Phi) is 2.61. The number of hydrogen-bond acceptors (Lipinski definition) is 3. The second kappa shape index (κ2) is 3.41. The van der Waals surface area contributed by atoms with Gasteiger partial charge in [-0.1, -0.05) is 0 Å². The molecule has 0 aromatic carbocycles. The van der Waals surface area contributed by atoms with Crippen LogP contribution in [0.1, 0.15) is 16.1 Å². The number of aromatic nitrogens is 2. The minimum Gasteiger partial charge on any atom is -0.324 e. The van der Waals surface area contributed by atoms with Crippen LogP contribution in [0.3, 0.4) is 0 Å². The highest BCUT2D eigenvalue weighted by molar-refractivity contribution is 5.98. The van der Waals surface area contributed by atoms with Crippen LogP contribution in [0.2, 0.25) is 0 Å². The average Bonchev–Trinajstić information content (AvgIpc) is 2.45. The van der Waals surface area contributed by atoms with Gasteiger partial charge in [0.1, 0.15) is 0 Å². The van der Waals surface area contributed by atoms with Gasteiger partial charge < -0.3 is 5.73 Å². The van der Waals surface area contributed by atoms with Crippen molar-refractivity contribution >= 4 is 5.78 Å². The van der Waals surface area contributed by atoms with Crippen LogP contribution in [0, 0.1) is 0 Å². The maximum absolute atomic E-state index is 12.3. The van der Waals surface area contributed by atoms with E-state index in [4.69, 9.17) is 5.73 Å². The van der Waals surface area contributed by atoms with Gasteiger partial charge in [-0.2, -0.15) is 18.3 Å². The van der Waals surface area contributed by atoms with E-state index in [0.29, 0.717) is 0 Å². The molecule has 0 amide bonds. The summed E-state index contributed by atoms with van der Waals surface area (Å²) in [5, 5.41) is 3.17. The van der Waals surface area contributed by atoms with Crippen molar-refractivity contribution < 1.29 is 18.0 Å². The zero-order valence-corrected chi connectivity index (χ0v) is 7.30. The number of ketones is 1. The van der Waals surface area contributed by atoms with E-state index in [-0.39, 0.29) is 0 Å². The summed E-state index contributed by atoms with van der Waals surface area (Å²) in [6, 6.07) is 0. The largest absolute Gasteiger partial charge is 0.435 e. The normalized spacial score (nSPS) is 11.8. The van der Waals surface area contributed by atoms with Crippen LogP contribution in [0.25, 0.3) is 0 Å². The third-order valence-electron chi connectivity index (χ3n) is 1.58. The van der Waals surface area contributed by atoms with E-state index in [2.05, 4.69) is 5.10 Å². The van der Waals surface area contributed by atoms with Crippen LogP contribution in [0.4, 0.5) is 13.2 Å². The molecule has 1 heterocycles. The Morgan fingerprint density at radius 2 is 2.21 bits per heavy atom. The van der Waals surface area contributed by atoms with Gasteiger partial charge in [-0.15, -0.1) is 0 Å². The number of halogens is 3. The Hall–Kier alpha value is -1.37. The lowest BCUT2D eigenvalue weighted by Gasteiger charge is -2.03. The van der Waals surface area contributed by atoms with Crippen LogP contribution in [-0.2, 0) is 13.2 Å². The highest BCUT2D eigenvalue weighted by Gasteiger charge is 2.38. The van der Waals surface area contributed by atoms with Gasteiger partial charge >= 0.3 is 6.18 Å². The molecule has 7 heteroatoms. The fourth-order valence-corrected chi connectivity index (χ4v) is 1.01. The number of rotatable bonds is 2. The van der Waals surface area contributed by atoms with Crippen LogP contribution >= 0.6 is 0 Å². The molecule has 0 spiro atoms. The van der Waals surface area contributed by atoms with E-state index < -0.39 is 29.8 Å². The molecule has 0 atom stereocenters. The second-order valence-corrected chi connectivity index (χ2v) is 2.69. The molecule has 4 nitrogen and oxygen atoms in total. The van der Waals surface area contributed by atoms with E-state index in [0.717, 1.165) is 10.9 Å². The molecule has 0 radical (unpaired) electrons. The molecule has 14 heavy (non-hydrogen) atoms. The highest BCUT2D eigenvalue weighted by Crippen LogP contribution is 2.30. The monoisotopic (exact) mass is 207 g/mol. The Bertz CT molecular complexity index is 356. The van der Waals surface area contributed by atoms with Gasteiger partial charge in [0.15, 0.2) is 11.5 Å². The maximum Gasteiger partial charge on any atom is 0.435 e. The first-order valence-electron chi connectivity index (χ1n) is 3.70. The number of Topliss-reactive ketones (excluding diaryl/α,β-unsaturated/α-hetero) is 1. The minimum atomic E-state index is -4.62. The van der Waals surface area contributed by atoms with Crippen molar-refractivity contribution in [2.24, 2.45) is 12.8 Å². The Balaban J connectivity index is 3.23. The minimum absolute atomic E-state index is 0.464. The summed E-state index contributed by atoms with van der Waals surface area (Å²) in [6.45, 7) is -0.464. The zero-order valence-electron chi connectivity index (χ0n) is 7.30. The van der Waals surface area contributed by atoms with Crippen molar-refractivity contribution in [2.75, 3.05) is 6.54 Å². The Morgan fingerprint density at radius 1 is 1.64 bits per heavy atom. The van der Waals surface area contributed by atoms with Crippen LogP contribution in [-0.4, -0.2) is 22.1 Å².